The van der Waals surface area contributed by atoms with Gasteiger partial charge in [0.05, 0.1) is 6.54 Å². The third kappa shape index (κ3) is 4.00. The third-order valence-corrected chi connectivity index (χ3v) is 5.08. The van der Waals surface area contributed by atoms with Gasteiger partial charge in [0, 0.05) is 25.9 Å². The fourth-order valence-corrected chi connectivity index (χ4v) is 3.42. The minimum Gasteiger partial charge on any atom is -0.425 e. The number of aromatic nitrogens is 4. The Labute approximate surface area is 181 Å². The van der Waals surface area contributed by atoms with Crippen molar-refractivity contribution in [1.82, 2.24) is 18.7 Å². The van der Waals surface area contributed by atoms with E-state index in [4.69, 9.17) is 15.6 Å². The van der Waals surface area contributed by atoms with Gasteiger partial charge in [-0.2, -0.15) is 4.98 Å². The number of rotatable bonds is 7. The lowest BCUT2D eigenvalue weighted by atomic mass is 10.2. The maximum absolute atomic E-state index is 13.4. The summed E-state index contributed by atoms with van der Waals surface area (Å²) in [6.07, 6.45) is 0.252. The first kappa shape index (κ1) is 21.3. The second-order valence-corrected chi connectivity index (χ2v) is 7.33. The van der Waals surface area contributed by atoms with Crippen LogP contribution >= 0.6 is 0 Å². The quantitative estimate of drug-likeness (QED) is 0.425. The van der Waals surface area contributed by atoms with Crippen LogP contribution < -0.4 is 21.7 Å². The molecule has 0 saturated carbocycles. The molecule has 4 aromatic rings. The second-order valence-electron chi connectivity index (χ2n) is 7.33. The molecule has 0 aliphatic heterocycles. The van der Waals surface area contributed by atoms with Gasteiger partial charge in [0.15, 0.2) is 11.2 Å². The molecule has 4 rings (SSSR count). The van der Waals surface area contributed by atoms with Gasteiger partial charge in [-0.3, -0.25) is 18.5 Å². The van der Waals surface area contributed by atoms with Gasteiger partial charge in [0.1, 0.15) is 11.6 Å². The third-order valence-electron chi connectivity index (χ3n) is 5.08. The van der Waals surface area contributed by atoms with Crippen LogP contribution in [0.3, 0.4) is 0 Å². The molecule has 0 amide bonds. The maximum Gasteiger partial charge on any atom is 0.332 e. The summed E-state index contributed by atoms with van der Waals surface area (Å²) in [5.41, 5.74) is 6.25. The number of nitrogens with zero attached hydrogens (tertiary/aromatic N) is 4. The molecule has 0 bridgehead atoms. The first-order valence-corrected chi connectivity index (χ1v) is 9.98. The summed E-state index contributed by atoms with van der Waals surface area (Å²) in [4.78, 5) is 30.4. The SMILES string of the molecule is Cn1c(=O)n(CCCO)c(=O)c2c1nc(Oc1ccc(N)cc1)n2Cc1ccc(F)cc1. The molecule has 32 heavy (non-hydrogen) atoms. The lowest BCUT2D eigenvalue weighted by Crippen LogP contribution is -2.39. The summed E-state index contributed by atoms with van der Waals surface area (Å²) < 4.78 is 23.2. The Morgan fingerprint density at radius 1 is 1.06 bits per heavy atom. The number of aliphatic hydroxyl groups excluding tert-OH is 1. The molecule has 2 aromatic heterocycles. The molecule has 2 aromatic carbocycles. The minimum atomic E-state index is -0.543. The maximum atomic E-state index is 13.4. The number of aryl methyl sites for hydroxylation is 1. The van der Waals surface area contributed by atoms with Gasteiger partial charge in [-0.05, 0) is 48.4 Å². The number of aliphatic hydroxyl groups is 1. The zero-order valence-corrected chi connectivity index (χ0v) is 17.4. The Morgan fingerprint density at radius 3 is 2.41 bits per heavy atom. The molecule has 0 radical (unpaired) electrons. The van der Waals surface area contributed by atoms with Gasteiger partial charge >= 0.3 is 11.7 Å². The minimum absolute atomic E-state index is 0.0633. The highest BCUT2D eigenvalue weighted by molar-refractivity contribution is 5.72. The molecule has 0 fully saturated rings. The summed E-state index contributed by atoms with van der Waals surface area (Å²) >= 11 is 0. The lowest BCUT2D eigenvalue weighted by Gasteiger charge is -2.11. The Bertz CT molecular complexity index is 1370. The molecule has 0 atom stereocenters. The van der Waals surface area contributed by atoms with Crippen molar-refractivity contribution < 1.29 is 14.2 Å². The van der Waals surface area contributed by atoms with Crippen LogP contribution in [0.15, 0.2) is 58.1 Å². The zero-order chi connectivity index (χ0) is 22.8. The average molecular weight is 439 g/mol. The van der Waals surface area contributed by atoms with Crippen LogP contribution in [0.2, 0.25) is 0 Å². The van der Waals surface area contributed by atoms with Crippen molar-refractivity contribution in [2.45, 2.75) is 19.5 Å². The first-order chi connectivity index (χ1) is 15.4. The van der Waals surface area contributed by atoms with E-state index in [0.717, 1.165) is 4.57 Å². The fourth-order valence-electron chi connectivity index (χ4n) is 3.42. The van der Waals surface area contributed by atoms with Crippen LogP contribution in [0.5, 0.6) is 11.8 Å². The fraction of sp³-hybridized carbons (Fsp3) is 0.227. The summed E-state index contributed by atoms with van der Waals surface area (Å²) in [6, 6.07) is 12.6. The number of nitrogen functional groups attached to an aromatic ring is 1. The van der Waals surface area contributed by atoms with Crippen LogP contribution in [-0.2, 0) is 20.1 Å². The number of fused-ring (bicyclic) bond motifs is 1. The summed E-state index contributed by atoms with van der Waals surface area (Å²) in [5, 5.41) is 9.15. The van der Waals surface area contributed by atoms with Crippen molar-refractivity contribution in [1.29, 1.82) is 0 Å². The normalized spacial score (nSPS) is 11.2. The van der Waals surface area contributed by atoms with E-state index in [1.165, 1.54) is 23.7 Å². The van der Waals surface area contributed by atoms with Gasteiger partial charge in [0.2, 0.25) is 0 Å². The van der Waals surface area contributed by atoms with Gasteiger partial charge in [-0.25, -0.2) is 9.18 Å². The first-order valence-electron chi connectivity index (χ1n) is 9.98. The molecular formula is C22H22FN5O4. The number of ether oxygens (including phenoxy) is 1. The lowest BCUT2D eigenvalue weighted by molar-refractivity contribution is 0.277. The van der Waals surface area contributed by atoms with Crippen LogP contribution in [0.25, 0.3) is 11.2 Å². The molecular weight excluding hydrogens is 417 g/mol. The molecule has 0 spiro atoms. The predicted octanol–water partition coefficient (Wildman–Crippen LogP) is 1.84. The smallest absolute Gasteiger partial charge is 0.332 e. The van der Waals surface area contributed by atoms with Crippen molar-refractivity contribution in [3.8, 4) is 11.8 Å². The van der Waals surface area contributed by atoms with E-state index in [0.29, 0.717) is 17.0 Å². The molecule has 10 heteroatoms. The molecule has 3 N–H and O–H groups in total. The predicted molar refractivity (Wildman–Crippen MR) is 117 cm³/mol. The molecule has 0 saturated heterocycles. The second kappa shape index (κ2) is 8.67. The van der Waals surface area contributed by atoms with Crippen molar-refractivity contribution in [2.75, 3.05) is 12.3 Å². The number of nitrogens with two attached hydrogens (primary N) is 1. The highest BCUT2D eigenvalue weighted by Gasteiger charge is 2.22. The molecule has 9 nitrogen and oxygen atoms in total. The number of hydrogen-bond donors (Lipinski definition) is 2. The number of anilines is 1. The largest absolute Gasteiger partial charge is 0.425 e. The molecule has 0 aliphatic rings. The van der Waals surface area contributed by atoms with E-state index >= 15 is 0 Å². The average Bonchev–Trinajstić information content (AvgIpc) is 3.13. The number of imidazole rings is 1. The van der Waals surface area contributed by atoms with Gasteiger partial charge in [0.25, 0.3) is 5.56 Å². The molecule has 166 valence electrons. The Balaban J connectivity index is 1.92. The van der Waals surface area contributed by atoms with E-state index in [9.17, 15) is 14.0 Å². The highest BCUT2D eigenvalue weighted by Crippen LogP contribution is 2.26. The van der Waals surface area contributed by atoms with Crippen molar-refractivity contribution >= 4 is 16.9 Å². The van der Waals surface area contributed by atoms with Crippen LogP contribution in [-0.4, -0.2) is 30.4 Å². The van der Waals surface area contributed by atoms with Crippen molar-refractivity contribution in [3.63, 3.8) is 0 Å². The van der Waals surface area contributed by atoms with E-state index in [1.807, 2.05) is 0 Å². The Hall–Kier alpha value is -3.92. The number of halogens is 1. The standard InChI is InChI=1S/C22H22FN5O4/c1-26-19-18(20(30)27(22(26)31)11-2-12-29)28(13-14-3-5-15(23)6-4-14)21(25-19)32-17-9-7-16(24)8-10-17/h3-10,29H,2,11-13,24H2,1H3. The van der Waals surface area contributed by atoms with Crippen LogP contribution in [0, 0.1) is 5.82 Å². The van der Waals surface area contributed by atoms with Crippen molar-refractivity contribution in [3.05, 3.63) is 80.7 Å². The van der Waals surface area contributed by atoms with Crippen molar-refractivity contribution in [2.24, 2.45) is 7.05 Å². The number of benzene rings is 2. The van der Waals surface area contributed by atoms with Gasteiger partial charge < -0.3 is 15.6 Å². The van der Waals surface area contributed by atoms with E-state index in [1.54, 1.807) is 41.0 Å². The highest BCUT2D eigenvalue weighted by atomic mass is 19.1. The van der Waals surface area contributed by atoms with Crippen LogP contribution in [0.4, 0.5) is 10.1 Å². The van der Waals surface area contributed by atoms with E-state index in [2.05, 4.69) is 4.98 Å². The van der Waals surface area contributed by atoms with Gasteiger partial charge in [-0.1, -0.05) is 12.1 Å². The Morgan fingerprint density at radius 2 is 1.75 bits per heavy atom. The molecule has 2 heterocycles. The topological polar surface area (TPSA) is 117 Å². The Kier molecular flexibility index (Phi) is 5.78. The van der Waals surface area contributed by atoms with Gasteiger partial charge in [-0.15, -0.1) is 0 Å². The molecule has 0 aliphatic carbocycles. The summed E-state index contributed by atoms with van der Waals surface area (Å²) in [5.74, 6) is 0.0665. The van der Waals surface area contributed by atoms with E-state index < -0.39 is 11.2 Å². The zero-order valence-electron chi connectivity index (χ0n) is 17.4. The van der Waals surface area contributed by atoms with E-state index in [-0.39, 0.29) is 49.1 Å². The number of hydrogen-bond acceptors (Lipinski definition) is 6. The van der Waals surface area contributed by atoms with Crippen LogP contribution in [0.1, 0.15) is 12.0 Å². The summed E-state index contributed by atoms with van der Waals surface area (Å²) in [6.45, 7) is 0.0658. The monoisotopic (exact) mass is 439 g/mol. The molecule has 0 unspecified atom stereocenters. The summed E-state index contributed by atoms with van der Waals surface area (Å²) in [7, 11) is 1.52.